The molecular weight excluding hydrogens is 250 g/mol. The van der Waals surface area contributed by atoms with Gasteiger partial charge in [0.1, 0.15) is 5.82 Å². The molecule has 2 heterocycles. The van der Waals surface area contributed by atoms with E-state index in [4.69, 9.17) is 0 Å². The molecule has 1 saturated heterocycles. The summed E-state index contributed by atoms with van der Waals surface area (Å²) >= 11 is 0. The number of nitrogens with zero attached hydrogens (tertiary/aromatic N) is 2. The molecule has 0 bridgehead atoms. The first kappa shape index (κ1) is 13.3. The molecule has 0 amide bonds. The zero-order valence-electron chi connectivity index (χ0n) is 12.0. The van der Waals surface area contributed by atoms with Crippen LogP contribution in [0.1, 0.15) is 25.6 Å². The second-order valence-electron chi connectivity index (χ2n) is 5.62. The number of hydrogen-bond donors (Lipinski definition) is 1. The highest BCUT2D eigenvalue weighted by atomic mass is 16.1. The van der Waals surface area contributed by atoms with E-state index in [1.807, 2.05) is 28.8 Å². The van der Waals surface area contributed by atoms with Gasteiger partial charge in [-0.1, -0.05) is 19.1 Å². The fourth-order valence-corrected chi connectivity index (χ4v) is 3.11. The first-order chi connectivity index (χ1) is 9.79. The molecule has 2 aromatic rings. The van der Waals surface area contributed by atoms with Crippen molar-refractivity contribution in [1.82, 2.24) is 9.55 Å². The van der Waals surface area contributed by atoms with Crippen LogP contribution in [0.2, 0.25) is 0 Å². The Labute approximate surface area is 118 Å². The SMILES string of the molecule is CCc1nc2ccccc2c(=O)n1CC1CC[NH2+]CC1. The van der Waals surface area contributed by atoms with Crippen molar-refractivity contribution in [3.8, 4) is 0 Å². The fraction of sp³-hybridized carbons (Fsp3) is 0.500. The molecule has 1 aliphatic heterocycles. The van der Waals surface area contributed by atoms with Crippen LogP contribution in [0.25, 0.3) is 10.9 Å². The molecule has 1 aliphatic rings. The van der Waals surface area contributed by atoms with Crippen LogP contribution < -0.4 is 10.9 Å². The van der Waals surface area contributed by atoms with E-state index in [1.54, 1.807) is 0 Å². The summed E-state index contributed by atoms with van der Waals surface area (Å²) in [6.45, 7) is 5.26. The smallest absolute Gasteiger partial charge is 0.261 e. The van der Waals surface area contributed by atoms with Crippen molar-refractivity contribution in [3.05, 3.63) is 40.4 Å². The summed E-state index contributed by atoms with van der Waals surface area (Å²) in [6.07, 6.45) is 3.20. The van der Waals surface area contributed by atoms with Crippen LogP contribution in [0, 0.1) is 5.92 Å². The lowest BCUT2D eigenvalue weighted by molar-refractivity contribution is -0.665. The van der Waals surface area contributed by atoms with Crippen LogP contribution in [-0.2, 0) is 13.0 Å². The van der Waals surface area contributed by atoms with Gasteiger partial charge in [0.25, 0.3) is 5.56 Å². The summed E-state index contributed by atoms with van der Waals surface area (Å²) in [5.74, 6) is 1.54. The minimum atomic E-state index is 0.127. The molecule has 4 heteroatoms. The number of benzene rings is 1. The minimum absolute atomic E-state index is 0.127. The molecule has 0 spiro atoms. The number of para-hydroxylation sites is 1. The van der Waals surface area contributed by atoms with Crippen molar-refractivity contribution in [2.24, 2.45) is 5.92 Å². The van der Waals surface area contributed by atoms with Crippen LogP contribution in [0.5, 0.6) is 0 Å². The predicted molar refractivity (Wildman–Crippen MR) is 79.8 cm³/mol. The van der Waals surface area contributed by atoms with E-state index in [0.717, 1.165) is 29.7 Å². The van der Waals surface area contributed by atoms with Crippen LogP contribution in [0.15, 0.2) is 29.1 Å². The average molecular weight is 272 g/mol. The molecular formula is C16H22N3O+. The van der Waals surface area contributed by atoms with E-state index in [9.17, 15) is 4.79 Å². The van der Waals surface area contributed by atoms with Gasteiger partial charge in [0.05, 0.1) is 24.0 Å². The number of aromatic nitrogens is 2. The van der Waals surface area contributed by atoms with E-state index in [-0.39, 0.29) is 5.56 Å². The monoisotopic (exact) mass is 272 g/mol. The number of fused-ring (bicyclic) bond motifs is 1. The summed E-state index contributed by atoms with van der Waals surface area (Å²) in [4.78, 5) is 17.4. The molecule has 106 valence electrons. The molecule has 1 aromatic carbocycles. The number of piperidine rings is 1. The van der Waals surface area contributed by atoms with Gasteiger partial charge in [-0.25, -0.2) is 4.98 Å². The molecule has 3 rings (SSSR count). The molecule has 0 aliphatic carbocycles. The van der Waals surface area contributed by atoms with Gasteiger partial charge >= 0.3 is 0 Å². The lowest BCUT2D eigenvalue weighted by Crippen LogP contribution is -2.86. The largest absolute Gasteiger partial charge is 0.346 e. The van der Waals surface area contributed by atoms with Gasteiger partial charge in [0.15, 0.2) is 0 Å². The van der Waals surface area contributed by atoms with E-state index in [2.05, 4.69) is 17.2 Å². The summed E-state index contributed by atoms with van der Waals surface area (Å²) < 4.78 is 1.91. The van der Waals surface area contributed by atoms with E-state index >= 15 is 0 Å². The Morgan fingerprint density at radius 1 is 1.30 bits per heavy atom. The van der Waals surface area contributed by atoms with E-state index < -0.39 is 0 Å². The van der Waals surface area contributed by atoms with Gasteiger partial charge in [-0.3, -0.25) is 9.36 Å². The first-order valence-corrected chi connectivity index (χ1v) is 7.59. The highest BCUT2D eigenvalue weighted by Crippen LogP contribution is 2.14. The predicted octanol–water partition coefficient (Wildman–Crippen LogP) is 0.932. The van der Waals surface area contributed by atoms with Gasteiger partial charge in [-0.2, -0.15) is 0 Å². The maximum Gasteiger partial charge on any atom is 0.261 e. The second-order valence-corrected chi connectivity index (χ2v) is 5.62. The summed E-state index contributed by atoms with van der Waals surface area (Å²) in [7, 11) is 0. The molecule has 20 heavy (non-hydrogen) atoms. The first-order valence-electron chi connectivity index (χ1n) is 7.59. The molecule has 0 unspecified atom stereocenters. The fourth-order valence-electron chi connectivity index (χ4n) is 3.11. The maximum absolute atomic E-state index is 12.7. The topological polar surface area (TPSA) is 51.5 Å². The Kier molecular flexibility index (Phi) is 3.83. The van der Waals surface area contributed by atoms with Crippen molar-refractivity contribution in [2.75, 3.05) is 13.1 Å². The highest BCUT2D eigenvalue weighted by Gasteiger charge is 2.18. The Bertz CT molecular complexity index is 656. The Morgan fingerprint density at radius 3 is 2.80 bits per heavy atom. The molecule has 0 saturated carbocycles. The Hall–Kier alpha value is -1.68. The third-order valence-electron chi connectivity index (χ3n) is 4.26. The van der Waals surface area contributed by atoms with Crippen molar-refractivity contribution >= 4 is 10.9 Å². The number of hydrogen-bond acceptors (Lipinski definition) is 2. The number of aryl methyl sites for hydroxylation is 1. The molecule has 0 radical (unpaired) electrons. The number of nitrogens with two attached hydrogens (primary N) is 1. The lowest BCUT2D eigenvalue weighted by Gasteiger charge is -2.22. The zero-order valence-corrected chi connectivity index (χ0v) is 12.0. The highest BCUT2D eigenvalue weighted by molar-refractivity contribution is 5.77. The molecule has 0 atom stereocenters. The molecule has 2 N–H and O–H groups in total. The van der Waals surface area contributed by atoms with Crippen LogP contribution >= 0.6 is 0 Å². The number of rotatable bonds is 3. The Morgan fingerprint density at radius 2 is 2.05 bits per heavy atom. The van der Waals surface area contributed by atoms with Gasteiger partial charge < -0.3 is 5.32 Å². The van der Waals surface area contributed by atoms with Gasteiger partial charge in [-0.05, 0) is 18.1 Å². The van der Waals surface area contributed by atoms with Crippen LogP contribution in [-0.4, -0.2) is 22.6 Å². The summed E-state index contributed by atoms with van der Waals surface area (Å²) in [6, 6.07) is 7.66. The Balaban J connectivity index is 2.03. The third kappa shape index (κ3) is 2.48. The third-order valence-corrected chi connectivity index (χ3v) is 4.26. The number of quaternary nitrogens is 1. The maximum atomic E-state index is 12.7. The van der Waals surface area contributed by atoms with Crippen molar-refractivity contribution in [2.45, 2.75) is 32.7 Å². The van der Waals surface area contributed by atoms with Crippen LogP contribution in [0.3, 0.4) is 0 Å². The van der Waals surface area contributed by atoms with E-state index in [1.165, 1.54) is 25.9 Å². The standard InChI is InChI=1S/C16H21N3O/c1-2-15-18-14-6-4-3-5-13(14)16(20)19(15)11-12-7-9-17-10-8-12/h3-6,12,17H,2,7-11H2,1H3/p+1. The summed E-state index contributed by atoms with van der Waals surface area (Å²) in [5.41, 5.74) is 0.949. The average Bonchev–Trinajstić information content (AvgIpc) is 2.51. The zero-order chi connectivity index (χ0) is 13.9. The quantitative estimate of drug-likeness (QED) is 0.904. The second kappa shape index (κ2) is 5.75. The van der Waals surface area contributed by atoms with E-state index in [0.29, 0.717) is 5.92 Å². The van der Waals surface area contributed by atoms with Gasteiger partial charge in [0.2, 0.25) is 0 Å². The van der Waals surface area contributed by atoms with Gasteiger partial charge in [0, 0.05) is 25.8 Å². The molecule has 1 fully saturated rings. The van der Waals surface area contributed by atoms with Gasteiger partial charge in [-0.15, -0.1) is 0 Å². The van der Waals surface area contributed by atoms with Crippen molar-refractivity contribution in [3.63, 3.8) is 0 Å². The summed E-state index contributed by atoms with van der Waals surface area (Å²) in [5, 5.41) is 3.10. The lowest BCUT2D eigenvalue weighted by atomic mass is 9.98. The molecule has 1 aromatic heterocycles. The minimum Gasteiger partial charge on any atom is -0.346 e. The van der Waals surface area contributed by atoms with Crippen LogP contribution in [0.4, 0.5) is 0 Å². The normalized spacial score (nSPS) is 16.6. The van der Waals surface area contributed by atoms with Crippen molar-refractivity contribution in [1.29, 1.82) is 0 Å². The van der Waals surface area contributed by atoms with Crippen molar-refractivity contribution < 1.29 is 5.32 Å². The molecule has 4 nitrogen and oxygen atoms in total.